The first-order valence-electron chi connectivity index (χ1n) is 10.2. The van der Waals surface area contributed by atoms with E-state index in [0.717, 1.165) is 12.0 Å². The summed E-state index contributed by atoms with van der Waals surface area (Å²) < 4.78 is 54.9. The summed E-state index contributed by atoms with van der Waals surface area (Å²) in [5, 5.41) is 0. The molecule has 2 fully saturated rings. The average Bonchev–Trinajstić information content (AvgIpc) is 3.54. The maximum atomic E-state index is 14.4. The fourth-order valence-corrected chi connectivity index (χ4v) is 5.57. The molecule has 0 bridgehead atoms. The minimum Gasteiger partial charge on any atom is -0.341 e. The normalized spacial score (nSPS) is 23.6. The first-order valence-corrected chi connectivity index (χ1v) is 13.0. The van der Waals surface area contributed by atoms with Crippen LogP contribution < -0.4 is 4.72 Å². The third kappa shape index (κ3) is 4.83. The summed E-state index contributed by atoms with van der Waals surface area (Å²) in [6, 6.07) is 10.5. The molecule has 0 aromatic heterocycles. The first-order chi connectivity index (χ1) is 14.8. The van der Waals surface area contributed by atoms with E-state index in [1.807, 2.05) is 12.1 Å². The predicted molar refractivity (Wildman–Crippen MR) is 118 cm³/mol. The number of benzene rings is 2. The van der Waals surface area contributed by atoms with Crippen LogP contribution in [0.5, 0.6) is 0 Å². The maximum absolute atomic E-state index is 14.4. The van der Waals surface area contributed by atoms with Gasteiger partial charge in [0.25, 0.3) is 0 Å². The van der Waals surface area contributed by atoms with Gasteiger partial charge in [-0.05, 0) is 48.4 Å². The fraction of sp³-hybridized carbons (Fsp3) is 0.409. The number of alkyl halides is 1. The van der Waals surface area contributed by atoms with E-state index in [2.05, 4.69) is 20.7 Å². The lowest BCUT2D eigenvalue weighted by molar-refractivity contribution is -0.133. The van der Waals surface area contributed by atoms with Crippen LogP contribution in [0.4, 0.5) is 8.78 Å². The van der Waals surface area contributed by atoms with Crippen LogP contribution in [0.2, 0.25) is 0 Å². The Balaban J connectivity index is 1.50. The van der Waals surface area contributed by atoms with E-state index in [0.29, 0.717) is 31.5 Å². The van der Waals surface area contributed by atoms with Crippen LogP contribution in [-0.4, -0.2) is 43.0 Å². The standard InChI is InChI=1S/C22H23BrF2N2O3S/c23-13-31(29,30)26-14-5-4-10-27(12-14)22(28)18-11-17(18)15-6-1-2-7-16(15)21-19(24)8-3-9-20(21)25/h1-3,6-9,14,17-18,26H,4-5,10-13H2/t14-,17+,18-/m0/s1. The van der Waals surface area contributed by atoms with Crippen LogP contribution in [0.3, 0.4) is 0 Å². The highest BCUT2D eigenvalue weighted by atomic mass is 79.9. The number of sulfonamides is 1. The van der Waals surface area contributed by atoms with Crippen molar-refractivity contribution < 1.29 is 22.0 Å². The monoisotopic (exact) mass is 512 g/mol. The molecule has 2 aliphatic rings. The molecule has 9 heteroatoms. The van der Waals surface area contributed by atoms with Crippen LogP contribution in [-0.2, 0) is 14.8 Å². The number of hydrogen-bond donors (Lipinski definition) is 1. The second kappa shape index (κ2) is 8.96. The summed E-state index contributed by atoms with van der Waals surface area (Å²) >= 11 is 2.96. The Morgan fingerprint density at radius 2 is 1.84 bits per heavy atom. The molecule has 5 nitrogen and oxygen atoms in total. The molecule has 166 valence electrons. The van der Waals surface area contributed by atoms with Crippen molar-refractivity contribution >= 4 is 31.9 Å². The van der Waals surface area contributed by atoms with Gasteiger partial charge in [0.2, 0.25) is 15.9 Å². The summed E-state index contributed by atoms with van der Waals surface area (Å²) in [6.07, 6.45) is 2.01. The van der Waals surface area contributed by atoms with E-state index in [-0.39, 0.29) is 34.0 Å². The second-order valence-electron chi connectivity index (χ2n) is 8.10. The second-order valence-corrected chi connectivity index (χ2v) is 11.2. The van der Waals surface area contributed by atoms with E-state index in [1.165, 1.54) is 18.2 Å². The lowest BCUT2D eigenvalue weighted by Crippen LogP contribution is -2.50. The van der Waals surface area contributed by atoms with Crippen LogP contribution in [0.15, 0.2) is 42.5 Å². The fourth-order valence-electron chi connectivity index (χ4n) is 4.41. The quantitative estimate of drug-likeness (QED) is 0.595. The number of piperidine rings is 1. The molecular weight excluding hydrogens is 490 g/mol. The number of carbonyl (C=O) groups excluding carboxylic acids is 1. The highest BCUT2D eigenvalue weighted by Gasteiger charge is 2.47. The number of hydrogen-bond acceptors (Lipinski definition) is 3. The maximum Gasteiger partial charge on any atom is 0.226 e. The van der Waals surface area contributed by atoms with Crippen molar-refractivity contribution in [3.05, 3.63) is 59.7 Å². The molecule has 3 atom stereocenters. The molecule has 1 saturated heterocycles. The molecule has 31 heavy (non-hydrogen) atoms. The van der Waals surface area contributed by atoms with Crippen LogP contribution >= 0.6 is 15.9 Å². The van der Waals surface area contributed by atoms with Crippen molar-refractivity contribution in [1.29, 1.82) is 0 Å². The Morgan fingerprint density at radius 1 is 1.13 bits per heavy atom. The zero-order valence-corrected chi connectivity index (χ0v) is 19.1. The van der Waals surface area contributed by atoms with E-state index in [9.17, 15) is 22.0 Å². The predicted octanol–water partition coefficient (Wildman–Crippen LogP) is 4.00. The third-order valence-electron chi connectivity index (χ3n) is 5.92. The van der Waals surface area contributed by atoms with Gasteiger partial charge < -0.3 is 4.90 Å². The zero-order chi connectivity index (χ0) is 22.2. The summed E-state index contributed by atoms with van der Waals surface area (Å²) in [5.41, 5.74) is 1.16. The van der Waals surface area contributed by atoms with Crippen LogP contribution in [0.1, 0.15) is 30.7 Å². The van der Waals surface area contributed by atoms with Gasteiger partial charge in [-0.3, -0.25) is 4.79 Å². The molecule has 4 rings (SSSR count). The van der Waals surface area contributed by atoms with Crippen molar-refractivity contribution in [2.45, 2.75) is 31.2 Å². The Hall–Kier alpha value is -1.84. The Bertz CT molecular complexity index is 1080. The van der Waals surface area contributed by atoms with Crippen molar-refractivity contribution in [3.63, 3.8) is 0 Å². The van der Waals surface area contributed by atoms with E-state index in [4.69, 9.17) is 0 Å². The average molecular weight is 513 g/mol. The van der Waals surface area contributed by atoms with Gasteiger partial charge in [-0.25, -0.2) is 21.9 Å². The minimum absolute atomic E-state index is 0.0310. The number of amides is 1. The van der Waals surface area contributed by atoms with Crippen molar-refractivity contribution in [2.24, 2.45) is 5.92 Å². The van der Waals surface area contributed by atoms with Gasteiger partial charge in [0.05, 0.1) is 5.56 Å². The number of halogens is 3. The number of rotatable bonds is 6. The number of carbonyl (C=O) groups is 1. The van der Waals surface area contributed by atoms with Crippen molar-refractivity contribution in [2.75, 3.05) is 17.8 Å². The minimum atomic E-state index is -3.41. The lowest BCUT2D eigenvalue weighted by Gasteiger charge is -2.33. The van der Waals surface area contributed by atoms with Gasteiger partial charge in [-0.1, -0.05) is 46.3 Å². The Morgan fingerprint density at radius 3 is 2.55 bits per heavy atom. The van der Waals surface area contributed by atoms with Gasteiger partial charge in [0.1, 0.15) is 16.3 Å². The molecule has 1 N–H and O–H groups in total. The van der Waals surface area contributed by atoms with Gasteiger partial charge in [-0.15, -0.1) is 0 Å². The Labute approximate surface area is 189 Å². The SMILES string of the molecule is O=C([C@H]1C[C@@H]1c1ccccc1-c1c(F)cccc1F)N1CCC[C@H](NS(=O)(=O)CBr)C1. The molecule has 0 unspecified atom stereocenters. The molecule has 1 amide bonds. The molecule has 1 heterocycles. The van der Waals surface area contributed by atoms with E-state index < -0.39 is 21.7 Å². The molecule has 0 spiro atoms. The van der Waals surface area contributed by atoms with E-state index in [1.54, 1.807) is 17.0 Å². The summed E-state index contributed by atoms with van der Waals surface area (Å²) in [4.78, 5) is 14.8. The highest BCUT2D eigenvalue weighted by Crippen LogP contribution is 2.51. The molecule has 1 aliphatic carbocycles. The smallest absolute Gasteiger partial charge is 0.226 e. The topological polar surface area (TPSA) is 66.5 Å². The molecular formula is C22H23BrF2N2O3S. The molecule has 2 aromatic rings. The summed E-state index contributed by atoms with van der Waals surface area (Å²) in [6.45, 7) is 0.913. The van der Waals surface area contributed by atoms with Crippen LogP contribution in [0.25, 0.3) is 11.1 Å². The summed E-state index contributed by atoms with van der Waals surface area (Å²) in [5.74, 6) is -1.66. The van der Waals surface area contributed by atoms with Gasteiger partial charge in [0.15, 0.2) is 0 Å². The van der Waals surface area contributed by atoms with Gasteiger partial charge >= 0.3 is 0 Å². The molecule has 1 saturated carbocycles. The number of likely N-dealkylation sites (tertiary alicyclic amines) is 1. The molecule has 1 aliphatic heterocycles. The van der Waals surface area contributed by atoms with Gasteiger partial charge in [0, 0.05) is 25.0 Å². The first kappa shape index (κ1) is 22.4. The number of nitrogens with zero attached hydrogens (tertiary/aromatic N) is 1. The van der Waals surface area contributed by atoms with Crippen molar-refractivity contribution in [3.8, 4) is 11.1 Å². The largest absolute Gasteiger partial charge is 0.341 e. The zero-order valence-electron chi connectivity index (χ0n) is 16.7. The van der Waals surface area contributed by atoms with Gasteiger partial charge in [-0.2, -0.15) is 0 Å². The molecule has 0 radical (unpaired) electrons. The van der Waals surface area contributed by atoms with E-state index >= 15 is 0 Å². The Kier molecular flexibility index (Phi) is 6.46. The summed E-state index contributed by atoms with van der Waals surface area (Å²) in [7, 11) is -3.41. The third-order valence-corrected chi connectivity index (χ3v) is 8.71. The van der Waals surface area contributed by atoms with Crippen LogP contribution in [0, 0.1) is 17.6 Å². The number of nitrogens with one attached hydrogen (secondary N) is 1. The van der Waals surface area contributed by atoms with Crippen molar-refractivity contribution in [1.82, 2.24) is 9.62 Å². The lowest BCUT2D eigenvalue weighted by atomic mass is 9.95. The highest BCUT2D eigenvalue weighted by molar-refractivity contribution is 9.10. The molecule has 2 aromatic carbocycles.